The Kier molecular flexibility index (Phi) is 4.28. The highest BCUT2D eigenvalue weighted by Gasteiger charge is 2.37. The lowest BCUT2D eigenvalue weighted by Gasteiger charge is -2.21. The smallest absolute Gasteiger partial charge is 0.165 e. The van der Waals surface area contributed by atoms with E-state index < -0.39 is 0 Å². The van der Waals surface area contributed by atoms with Crippen molar-refractivity contribution in [3.63, 3.8) is 0 Å². The second kappa shape index (κ2) is 7.62. The first-order valence-electron chi connectivity index (χ1n) is 13.1. The van der Waals surface area contributed by atoms with E-state index >= 15 is 0 Å². The molecule has 38 heavy (non-hydrogen) atoms. The van der Waals surface area contributed by atoms with Crippen molar-refractivity contribution >= 4 is 32.8 Å². The molecule has 0 radical (unpaired) electrons. The van der Waals surface area contributed by atoms with Crippen LogP contribution in [0.15, 0.2) is 115 Å². The highest BCUT2D eigenvalue weighted by Crippen LogP contribution is 2.53. The molecular weight excluding hydrogens is 462 g/mol. The van der Waals surface area contributed by atoms with Crippen LogP contribution >= 0.6 is 0 Å². The van der Waals surface area contributed by atoms with Crippen molar-refractivity contribution in [1.82, 2.24) is 14.5 Å². The summed E-state index contributed by atoms with van der Waals surface area (Å²) in [5, 5.41) is 2.46. The van der Waals surface area contributed by atoms with Gasteiger partial charge in [-0.3, -0.25) is 4.57 Å². The van der Waals surface area contributed by atoms with Gasteiger partial charge >= 0.3 is 0 Å². The van der Waals surface area contributed by atoms with E-state index in [4.69, 9.17) is 9.97 Å². The lowest BCUT2D eigenvalue weighted by atomic mass is 9.82. The van der Waals surface area contributed by atoms with Crippen LogP contribution in [0.1, 0.15) is 25.0 Å². The molecule has 2 heterocycles. The predicted octanol–water partition coefficient (Wildman–Crippen LogP) is 8.70. The van der Waals surface area contributed by atoms with Gasteiger partial charge in [-0.1, -0.05) is 111 Å². The molecule has 5 aromatic carbocycles. The summed E-state index contributed by atoms with van der Waals surface area (Å²) in [4.78, 5) is 10.5. The third-order valence-electron chi connectivity index (χ3n) is 8.19. The molecule has 0 N–H and O–H groups in total. The summed E-state index contributed by atoms with van der Waals surface area (Å²) in [6.07, 6.45) is 0. The lowest BCUT2D eigenvalue weighted by molar-refractivity contribution is 0.661. The van der Waals surface area contributed by atoms with Crippen molar-refractivity contribution in [2.24, 2.45) is 0 Å². The van der Waals surface area contributed by atoms with Gasteiger partial charge < -0.3 is 0 Å². The standard InChI is InChI=1S/C35H25N3/c1-35(2)26-16-8-6-15-25(26)31-27(35)21-20-24-23-14-7-11-19-30(23)38(33(24)31)34-32(22-12-4-3-5-13-22)36-28-17-9-10-18-29(28)37-34/h3-21H,1-2H3. The third-order valence-corrected chi connectivity index (χ3v) is 8.19. The quantitative estimate of drug-likeness (QED) is 0.244. The summed E-state index contributed by atoms with van der Waals surface area (Å²) in [5.74, 6) is 0.858. The second-order valence-electron chi connectivity index (χ2n) is 10.7. The predicted molar refractivity (Wildman–Crippen MR) is 157 cm³/mol. The fourth-order valence-corrected chi connectivity index (χ4v) is 6.40. The van der Waals surface area contributed by atoms with Crippen molar-refractivity contribution < 1.29 is 0 Å². The summed E-state index contributed by atoms with van der Waals surface area (Å²) >= 11 is 0. The van der Waals surface area contributed by atoms with Crippen LogP contribution in [-0.2, 0) is 5.41 Å². The minimum atomic E-state index is -0.0846. The molecule has 1 aliphatic rings. The Morgan fingerprint density at radius 1 is 0.579 bits per heavy atom. The van der Waals surface area contributed by atoms with Crippen LogP contribution in [0, 0.1) is 0 Å². The van der Waals surface area contributed by atoms with Crippen LogP contribution < -0.4 is 0 Å². The number of para-hydroxylation sites is 3. The molecule has 8 rings (SSSR count). The largest absolute Gasteiger partial charge is 0.291 e. The summed E-state index contributed by atoms with van der Waals surface area (Å²) in [6, 6.07) is 40.8. The molecule has 0 atom stereocenters. The highest BCUT2D eigenvalue weighted by molar-refractivity contribution is 6.16. The number of rotatable bonds is 2. The molecule has 0 amide bonds. The van der Waals surface area contributed by atoms with Gasteiger partial charge in [0.25, 0.3) is 0 Å². The maximum absolute atomic E-state index is 5.31. The Morgan fingerprint density at radius 3 is 2.11 bits per heavy atom. The maximum Gasteiger partial charge on any atom is 0.165 e. The molecule has 1 aliphatic carbocycles. The second-order valence-corrected chi connectivity index (χ2v) is 10.7. The molecular formula is C35H25N3. The summed E-state index contributed by atoms with van der Waals surface area (Å²) < 4.78 is 2.36. The van der Waals surface area contributed by atoms with Crippen LogP contribution in [0.25, 0.3) is 61.0 Å². The number of benzene rings is 5. The Bertz CT molecular complexity index is 2050. The van der Waals surface area contributed by atoms with E-state index in [1.54, 1.807) is 0 Å². The van der Waals surface area contributed by atoms with Crippen LogP contribution in [0.2, 0.25) is 0 Å². The fraction of sp³-hybridized carbons (Fsp3) is 0.0857. The molecule has 0 spiro atoms. The maximum atomic E-state index is 5.31. The molecule has 180 valence electrons. The van der Waals surface area contributed by atoms with Gasteiger partial charge in [-0.15, -0.1) is 0 Å². The SMILES string of the molecule is CC1(C)c2ccccc2-c2c1ccc1c3ccccc3n(-c3nc4ccccc4nc3-c3ccccc3)c21. The van der Waals surface area contributed by atoms with E-state index in [1.165, 1.54) is 38.5 Å². The third kappa shape index (κ3) is 2.79. The molecule has 0 saturated carbocycles. The lowest BCUT2D eigenvalue weighted by Crippen LogP contribution is -2.14. The van der Waals surface area contributed by atoms with Crippen molar-refractivity contribution in [3.05, 3.63) is 126 Å². The number of hydrogen-bond acceptors (Lipinski definition) is 2. The van der Waals surface area contributed by atoms with Crippen molar-refractivity contribution in [1.29, 1.82) is 0 Å². The molecule has 2 aromatic heterocycles. The summed E-state index contributed by atoms with van der Waals surface area (Å²) in [7, 11) is 0. The first kappa shape index (κ1) is 21.3. The molecule has 0 fully saturated rings. The van der Waals surface area contributed by atoms with E-state index in [0.717, 1.165) is 33.6 Å². The van der Waals surface area contributed by atoms with E-state index in [9.17, 15) is 0 Å². The molecule has 0 bridgehead atoms. The zero-order chi connectivity index (χ0) is 25.4. The highest BCUT2D eigenvalue weighted by atomic mass is 15.1. The monoisotopic (exact) mass is 487 g/mol. The van der Waals surface area contributed by atoms with Crippen molar-refractivity contribution in [3.8, 4) is 28.2 Å². The fourth-order valence-electron chi connectivity index (χ4n) is 6.40. The van der Waals surface area contributed by atoms with Gasteiger partial charge in [-0.2, -0.15) is 0 Å². The molecule has 3 heteroatoms. The zero-order valence-electron chi connectivity index (χ0n) is 21.3. The van der Waals surface area contributed by atoms with Crippen LogP contribution in [0.5, 0.6) is 0 Å². The molecule has 7 aromatic rings. The van der Waals surface area contributed by atoms with Gasteiger partial charge in [0.15, 0.2) is 5.82 Å². The summed E-state index contributed by atoms with van der Waals surface area (Å²) in [5.41, 5.74) is 11.3. The molecule has 3 nitrogen and oxygen atoms in total. The first-order chi connectivity index (χ1) is 18.6. The van der Waals surface area contributed by atoms with Crippen LogP contribution in [0.3, 0.4) is 0 Å². The van der Waals surface area contributed by atoms with E-state index in [-0.39, 0.29) is 5.41 Å². The van der Waals surface area contributed by atoms with Crippen LogP contribution in [0.4, 0.5) is 0 Å². The molecule has 0 saturated heterocycles. The molecule has 0 unspecified atom stereocenters. The van der Waals surface area contributed by atoms with E-state index in [1.807, 2.05) is 24.3 Å². The number of fused-ring (bicyclic) bond motifs is 8. The van der Waals surface area contributed by atoms with Gasteiger partial charge in [-0.25, -0.2) is 9.97 Å². The Hall–Kier alpha value is -4.76. The molecule has 0 aliphatic heterocycles. The zero-order valence-corrected chi connectivity index (χ0v) is 21.3. The minimum Gasteiger partial charge on any atom is -0.291 e. The first-order valence-corrected chi connectivity index (χ1v) is 13.1. The van der Waals surface area contributed by atoms with Crippen molar-refractivity contribution in [2.75, 3.05) is 0 Å². The number of hydrogen-bond donors (Lipinski definition) is 0. The Balaban J connectivity index is 1.60. The van der Waals surface area contributed by atoms with Gasteiger partial charge in [0.1, 0.15) is 5.69 Å². The van der Waals surface area contributed by atoms with Crippen LogP contribution in [-0.4, -0.2) is 14.5 Å². The minimum absolute atomic E-state index is 0.0846. The number of nitrogens with zero attached hydrogens (tertiary/aromatic N) is 3. The number of aromatic nitrogens is 3. The van der Waals surface area contributed by atoms with Gasteiger partial charge in [0.2, 0.25) is 0 Å². The average Bonchev–Trinajstić information content (AvgIpc) is 3.42. The average molecular weight is 488 g/mol. The van der Waals surface area contributed by atoms with Gasteiger partial charge in [0.05, 0.1) is 22.1 Å². The normalized spacial score (nSPS) is 13.7. The topological polar surface area (TPSA) is 30.7 Å². The Labute approximate surface area is 221 Å². The Morgan fingerprint density at radius 2 is 1.26 bits per heavy atom. The van der Waals surface area contributed by atoms with Crippen molar-refractivity contribution in [2.45, 2.75) is 19.3 Å². The summed E-state index contributed by atoms with van der Waals surface area (Å²) in [6.45, 7) is 4.67. The van der Waals surface area contributed by atoms with Gasteiger partial charge in [0, 0.05) is 27.3 Å². The van der Waals surface area contributed by atoms with Gasteiger partial charge in [-0.05, 0) is 34.9 Å². The van der Waals surface area contributed by atoms with E-state index in [0.29, 0.717) is 0 Å². The van der Waals surface area contributed by atoms with E-state index in [2.05, 4.69) is 109 Å².